The van der Waals surface area contributed by atoms with Crippen LogP contribution in [0, 0.1) is 0 Å². The van der Waals surface area contributed by atoms with E-state index < -0.39 is 0 Å². The predicted octanol–water partition coefficient (Wildman–Crippen LogP) is 4.61. The molecule has 3 heteroatoms. The van der Waals surface area contributed by atoms with Crippen LogP contribution in [0.15, 0.2) is 18.2 Å². The quantitative estimate of drug-likeness (QED) is 0.771. The second-order valence-electron chi connectivity index (χ2n) is 5.70. The van der Waals surface area contributed by atoms with Gasteiger partial charge in [0.25, 0.3) is 0 Å². The maximum atomic E-state index is 6.24. The van der Waals surface area contributed by atoms with Crippen molar-refractivity contribution in [3.05, 3.63) is 28.8 Å². The van der Waals surface area contributed by atoms with Gasteiger partial charge >= 0.3 is 0 Å². The number of nitrogens with one attached hydrogen (secondary N) is 1. The van der Waals surface area contributed by atoms with Crippen molar-refractivity contribution in [2.75, 3.05) is 18.0 Å². The van der Waals surface area contributed by atoms with Crippen LogP contribution < -0.4 is 10.2 Å². The molecule has 0 aliphatic carbocycles. The van der Waals surface area contributed by atoms with E-state index in [4.69, 9.17) is 11.6 Å². The van der Waals surface area contributed by atoms with Gasteiger partial charge in [-0.1, -0.05) is 31.5 Å². The van der Waals surface area contributed by atoms with Crippen LogP contribution in [0.25, 0.3) is 0 Å². The Bertz CT molecular complexity index is 419. The Morgan fingerprint density at radius 1 is 1.30 bits per heavy atom. The van der Waals surface area contributed by atoms with E-state index in [-0.39, 0.29) is 0 Å². The summed E-state index contributed by atoms with van der Waals surface area (Å²) in [6, 6.07) is 7.02. The summed E-state index contributed by atoms with van der Waals surface area (Å²) in [5.74, 6) is 0. The van der Waals surface area contributed by atoms with Gasteiger partial charge < -0.3 is 10.2 Å². The number of hydrogen-bond acceptors (Lipinski definition) is 2. The van der Waals surface area contributed by atoms with Crippen LogP contribution in [-0.4, -0.2) is 19.1 Å². The molecule has 0 radical (unpaired) electrons. The topological polar surface area (TPSA) is 15.3 Å². The number of hydrogen-bond donors (Lipinski definition) is 1. The molecule has 2 nitrogen and oxygen atoms in total. The van der Waals surface area contributed by atoms with E-state index in [0.29, 0.717) is 6.04 Å². The van der Waals surface area contributed by atoms with Crippen molar-refractivity contribution >= 4 is 17.3 Å². The molecule has 1 heterocycles. The fraction of sp³-hybridized carbons (Fsp3) is 0.647. The normalized spacial score (nSPS) is 19.4. The number of nitrogens with zero attached hydrogens (tertiary/aromatic N) is 1. The van der Waals surface area contributed by atoms with Gasteiger partial charge in [-0.3, -0.25) is 0 Å². The van der Waals surface area contributed by atoms with E-state index in [9.17, 15) is 0 Å². The Labute approximate surface area is 128 Å². The molecule has 0 aromatic heterocycles. The molecule has 0 spiro atoms. The summed E-state index contributed by atoms with van der Waals surface area (Å²) in [6.45, 7) is 7.67. The van der Waals surface area contributed by atoms with Crippen molar-refractivity contribution in [1.82, 2.24) is 5.32 Å². The van der Waals surface area contributed by atoms with Gasteiger partial charge in [0.2, 0.25) is 0 Å². The van der Waals surface area contributed by atoms with Crippen LogP contribution in [0.4, 0.5) is 5.69 Å². The van der Waals surface area contributed by atoms with Gasteiger partial charge in [-0.15, -0.1) is 0 Å². The summed E-state index contributed by atoms with van der Waals surface area (Å²) in [5, 5.41) is 4.36. The van der Waals surface area contributed by atoms with Crippen LogP contribution in [0.3, 0.4) is 0 Å². The third kappa shape index (κ3) is 3.89. The second kappa shape index (κ2) is 7.90. The number of halogens is 1. The average Bonchev–Trinajstić information content (AvgIpc) is 2.49. The minimum atomic E-state index is 0.673. The molecule has 1 unspecified atom stereocenters. The van der Waals surface area contributed by atoms with Crippen LogP contribution in [-0.2, 0) is 6.54 Å². The van der Waals surface area contributed by atoms with Crippen LogP contribution in [0.1, 0.15) is 51.5 Å². The molecule has 0 amide bonds. The van der Waals surface area contributed by atoms with Gasteiger partial charge in [0.05, 0.1) is 0 Å². The summed E-state index contributed by atoms with van der Waals surface area (Å²) in [6.07, 6.45) is 6.35. The van der Waals surface area contributed by atoms with E-state index in [2.05, 4.69) is 36.2 Å². The van der Waals surface area contributed by atoms with Crippen LogP contribution in [0.2, 0.25) is 5.02 Å². The van der Waals surface area contributed by atoms with Crippen molar-refractivity contribution in [3.8, 4) is 0 Å². The van der Waals surface area contributed by atoms with Gasteiger partial charge in [-0.25, -0.2) is 0 Å². The molecule has 1 saturated heterocycles. The molecule has 1 aromatic rings. The minimum absolute atomic E-state index is 0.673. The Hall–Kier alpha value is -0.730. The highest BCUT2D eigenvalue weighted by Gasteiger charge is 2.23. The number of anilines is 1. The lowest BCUT2D eigenvalue weighted by Gasteiger charge is -2.38. The lowest BCUT2D eigenvalue weighted by atomic mass is 9.98. The van der Waals surface area contributed by atoms with Crippen LogP contribution in [0.5, 0.6) is 0 Å². The van der Waals surface area contributed by atoms with E-state index in [1.54, 1.807) is 0 Å². The van der Waals surface area contributed by atoms with Gasteiger partial charge in [-0.05, 0) is 56.3 Å². The fourth-order valence-corrected chi connectivity index (χ4v) is 3.26. The minimum Gasteiger partial charge on any atom is -0.368 e. The lowest BCUT2D eigenvalue weighted by molar-refractivity contribution is 0.448. The van der Waals surface area contributed by atoms with Gasteiger partial charge in [-0.2, -0.15) is 0 Å². The highest BCUT2D eigenvalue weighted by Crippen LogP contribution is 2.31. The smallest absolute Gasteiger partial charge is 0.0429 e. The zero-order chi connectivity index (χ0) is 14.4. The third-order valence-electron chi connectivity index (χ3n) is 4.20. The maximum absolute atomic E-state index is 6.24. The zero-order valence-corrected chi connectivity index (χ0v) is 13.5. The monoisotopic (exact) mass is 294 g/mol. The van der Waals surface area contributed by atoms with E-state index in [1.165, 1.54) is 49.9 Å². The molecule has 1 aliphatic heterocycles. The van der Waals surface area contributed by atoms with Crippen LogP contribution >= 0.6 is 11.6 Å². The molecule has 1 fully saturated rings. The SMILES string of the molecule is CCCNCc1ccc(Cl)cc1N1CCCCC1CC. The number of benzene rings is 1. The van der Waals surface area contributed by atoms with Crippen molar-refractivity contribution in [2.45, 2.75) is 58.5 Å². The summed E-state index contributed by atoms with van der Waals surface area (Å²) in [5.41, 5.74) is 2.72. The first-order valence-corrected chi connectivity index (χ1v) is 8.39. The highest BCUT2D eigenvalue weighted by atomic mass is 35.5. The van der Waals surface area contributed by atoms with Crippen molar-refractivity contribution in [2.24, 2.45) is 0 Å². The molecule has 1 aromatic carbocycles. The second-order valence-corrected chi connectivity index (χ2v) is 6.14. The Morgan fingerprint density at radius 2 is 2.15 bits per heavy atom. The Morgan fingerprint density at radius 3 is 2.90 bits per heavy atom. The number of rotatable bonds is 6. The van der Waals surface area contributed by atoms with Gasteiger partial charge in [0, 0.05) is 29.8 Å². The Kier molecular flexibility index (Phi) is 6.18. The molecule has 112 valence electrons. The van der Waals surface area contributed by atoms with Crippen molar-refractivity contribution in [1.29, 1.82) is 0 Å². The first-order valence-electron chi connectivity index (χ1n) is 8.02. The molecule has 1 atom stereocenters. The Balaban J connectivity index is 2.20. The number of piperidine rings is 1. The predicted molar refractivity (Wildman–Crippen MR) is 88.7 cm³/mol. The molecule has 1 N–H and O–H groups in total. The summed E-state index contributed by atoms with van der Waals surface area (Å²) < 4.78 is 0. The van der Waals surface area contributed by atoms with E-state index >= 15 is 0 Å². The van der Waals surface area contributed by atoms with E-state index in [1.807, 2.05) is 6.07 Å². The van der Waals surface area contributed by atoms with E-state index in [0.717, 1.165) is 18.1 Å². The fourth-order valence-electron chi connectivity index (χ4n) is 3.10. The standard InChI is InChI=1S/C17H27ClN2/c1-3-10-19-13-14-8-9-15(18)12-17(14)20-11-6-5-7-16(20)4-2/h8-9,12,16,19H,3-7,10-11,13H2,1-2H3. The lowest BCUT2D eigenvalue weighted by Crippen LogP contribution is -2.40. The molecule has 20 heavy (non-hydrogen) atoms. The maximum Gasteiger partial charge on any atom is 0.0429 e. The molecule has 1 aliphatic rings. The molecular formula is C17H27ClN2. The van der Waals surface area contributed by atoms with Gasteiger partial charge in [0.15, 0.2) is 0 Å². The summed E-state index contributed by atoms with van der Waals surface area (Å²) in [7, 11) is 0. The first kappa shape index (κ1) is 15.7. The van der Waals surface area contributed by atoms with Crippen molar-refractivity contribution < 1.29 is 0 Å². The summed E-state index contributed by atoms with van der Waals surface area (Å²) >= 11 is 6.24. The first-order chi connectivity index (χ1) is 9.76. The largest absolute Gasteiger partial charge is 0.368 e. The molecule has 0 bridgehead atoms. The zero-order valence-electron chi connectivity index (χ0n) is 12.8. The van der Waals surface area contributed by atoms with Crippen molar-refractivity contribution in [3.63, 3.8) is 0 Å². The highest BCUT2D eigenvalue weighted by molar-refractivity contribution is 6.30. The molecular weight excluding hydrogens is 268 g/mol. The average molecular weight is 295 g/mol. The third-order valence-corrected chi connectivity index (χ3v) is 4.43. The van der Waals surface area contributed by atoms with Gasteiger partial charge in [0.1, 0.15) is 0 Å². The molecule has 0 saturated carbocycles. The molecule has 2 rings (SSSR count). The summed E-state index contributed by atoms with van der Waals surface area (Å²) in [4.78, 5) is 2.58.